The van der Waals surface area contributed by atoms with Crippen LogP contribution in [0.1, 0.15) is 58.4 Å². The van der Waals surface area contributed by atoms with Gasteiger partial charge in [0.15, 0.2) is 0 Å². The second kappa shape index (κ2) is 8.31. The monoisotopic (exact) mass is 447 g/mol. The highest BCUT2D eigenvalue weighted by Gasteiger charge is 2.39. The minimum Gasteiger partial charge on any atom is -0.357 e. The number of piperidine rings is 1. The van der Waals surface area contributed by atoms with Gasteiger partial charge in [0, 0.05) is 37.2 Å². The van der Waals surface area contributed by atoms with Gasteiger partial charge in [-0.3, -0.25) is 24.5 Å². The number of anilines is 2. The Morgan fingerprint density at radius 2 is 1.97 bits per heavy atom. The Balaban J connectivity index is 1.26. The minimum absolute atomic E-state index is 0.202. The van der Waals surface area contributed by atoms with Gasteiger partial charge in [-0.15, -0.1) is 0 Å². The minimum atomic E-state index is -0.678. The lowest BCUT2D eigenvalue weighted by molar-refractivity contribution is -0.136. The second-order valence-electron chi connectivity index (χ2n) is 8.83. The van der Waals surface area contributed by atoms with Crippen LogP contribution >= 0.6 is 0 Å². The summed E-state index contributed by atoms with van der Waals surface area (Å²) < 4.78 is 0. The van der Waals surface area contributed by atoms with E-state index in [0.717, 1.165) is 5.82 Å². The summed E-state index contributed by atoms with van der Waals surface area (Å²) >= 11 is 0. The lowest BCUT2D eigenvalue weighted by Crippen LogP contribution is -2.52. The zero-order valence-corrected chi connectivity index (χ0v) is 18.3. The zero-order valence-electron chi connectivity index (χ0n) is 18.3. The Morgan fingerprint density at radius 3 is 2.64 bits per heavy atom. The van der Waals surface area contributed by atoms with Gasteiger partial charge >= 0.3 is 0 Å². The fourth-order valence-electron chi connectivity index (χ4n) is 4.55. The number of hydrogen-bond acceptors (Lipinski definition) is 6. The van der Waals surface area contributed by atoms with Crippen LogP contribution in [-0.2, 0) is 16.1 Å². The molecule has 1 unspecified atom stereocenters. The molecule has 1 aliphatic carbocycles. The van der Waals surface area contributed by atoms with E-state index in [1.54, 1.807) is 24.4 Å². The van der Waals surface area contributed by atoms with Gasteiger partial charge in [0.25, 0.3) is 11.8 Å². The molecule has 1 saturated carbocycles. The highest BCUT2D eigenvalue weighted by molar-refractivity contribution is 6.08. The molecule has 2 aromatic rings. The molecular weight excluding hydrogens is 422 g/mol. The van der Waals surface area contributed by atoms with Crippen molar-refractivity contribution in [1.82, 2.24) is 15.2 Å². The predicted molar refractivity (Wildman–Crippen MR) is 121 cm³/mol. The van der Waals surface area contributed by atoms with E-state index in [9.17, 15) is 19.2 Å². The number of nitrogens with one attached hydrogen (secondary N) is 2. The smallest absolute Gasteiger partial charge is 0.255 e. The van der Waals surface area contributed by atoms with E-state index in [0.29, 0.717) is 34.8 Å². The largest absolute Gasteiger partial charge is 0.357 e. The number of amides is 4. The Bertz CT molecular complexity index is 1140. The maximum absolute atomic E-state index is 12.8. The molecule has 4 amide bonds. The number of rotatable bonds is 5. The average molecular weight is 447 g/mol. The highest BCUT2D eigenvalue weighted by atomic mass is 16.2. The Hall–Kier alpha value is -3.75. The molecular formula is C24H25N5O4. The standard InChI is InChI=1S/C24H25N5O4/c1-28(17-3-2-4-17)20-9-6-16(12-25-20)26-22(31)14-5-7-18-15(11-14)13-29(24(18)33)19-8-10-21(30)27-23(19)32/h5-7,9,11-12,17,19H,2-4,8,10,13H2,1H3,(H,26,31)(H,27,30,32). The van der Waals surface area contributed by atoms with Crippen LogP contribution in [0.15, 0.2) is 36.5 Å². The van der Waals surface area contributed by atoms with E-state index >= 15 is 0 Å². The van der Waals surface area contributed by atoms with Crippen molar-refractivity contribution < 1.29 is 19.2 Å². The molecule has 0 spiro atoms. The van der Waals surface area contributed by atoms with E-state index in [4.69, 9.17) is 0 Å². The van der Waals surface area contributed by atoms with Crippen LogP contribution in [0, 0.1) is 0 Å². The van der Waals surface area contributed by atoms with Crippen LogP contribution < -0.4 is 15.5 Å². The number of nitrogens with zero attached hydrogens (tertiary/aromatic N) is 3. The van der Waals surface area contributed by atoms with Gasteiger partial charge in [0.2, 0.25) is 11.8 Å². The lowest BCUT2D eigenvalue weighted by atomic mass is 9.92. The highest BCUT2D eigenvalue weighted by Crippen LogP contribution is 2.29. The van der Waals surface area contributed by atoms with E-state index in [1.165, 1.54) is 24.2 Å². The SMILES string of the molecule is CN(c1ccc(NC(=O)c2ccc3c(c2)CN(C2CCC(=O)NC2=O)C3=O)cn1)C1CCC1. The predicted octanol–water partition coefficient (Wildman–Crippen LogP) is 2.08. The molecule has 2 fully saturated rings. The Kier molecular flexibility index (Phi) is 5.32. The first kappa shape index (κ1) is 21.1. The molecule has 3 heterocycles. The molecule has 33 heavy (non-hydrogen) atoms. The Morgan fingerprint density at radius 1 is 1.15 bits per heavy atom. The normalized spacial score (nSPS) is 20.2. The molecule has 1 saturated heterocycles. The van der Waals surface area contributed by atoms with Crippen LogP contribution in [0.4, 0.5) is 11.5 Å². The van der Waals surface area contributed by atoms with Crippen molar-refractivity contribution in [2.45, 2.75) is 50.7 Å². The average Bonchev–Trinajstić information content (AvgIpc) is 3.08. The van der Waals surface area contributed by atoms with Crippen LogP contribution in [-0.4, -0.2) is 52.6 Å². The third-order valence-corrected chi connectivity index (χ3v) is 6.78. The molecule has 9 heteroatoms. The fourth-order valence-corrected chi connectivity index (χ4v) is 4.55. The molecule has 2 N–H and O–H groups in total. The van der Waals surface area contributed by atoms with Crippen LogP contribution in [0.2, 0.25) is 0 Å². The quantitative estimate of drug-likeness (QED) is 0.679. The molecule has 1 atom stereocenters. The molecule has 1 aromatic carbocycles. The van der Waals surface area contributed by atoms with Gasteiger partial charge in [0.05, 0.1) is 11.9 Å². The number of hydrogen-bond donors (Lipinski definition) is 2. The van der Waals surface area contributed by atoms with E-state index in [-0.39, 0.29) is 30.7 Å². The van der Waals surface area contributed by atoms with Crippen molar-refractivity contribution in [3.05, 3.63) is 53.2 Å². The van der Waals surface area contributed by atoms with Gasteiger partial charge in [0.1, 0.15) is 11.9 Å². The molecule has 9 nitrogen and oxygen atoms in total. The summed E-state index contributed by atoms with van der Waals surface area (Å²) in [7, 11) is 2.04. The first-order valence-corrected chi connectivity index (χ1v) is 11.2. The van der Waals surface area contributed by atoms with Crippen molar-refractivity contribution in [3.8, 4) is 0 Å². The van der Waals surface area contributed by atoms with Gasteiger partial charge in [-0.1, -0.05) is 0 Å². The number of aromatic nitrogens is 1. The molecule has 0 bridgehead atoms. The summed E-state index contributed by atoms with van der Waals surface area (Å²) in [4.78, 5) is 57.3. The van der Waals surface area contributed by atoms with Crippen LogP contribution in [0.5, 0.6) is 0 Å². The summed E-state index contributed by atoms with van der Waals surface area (Å²) in [5.74, 6) is -0.462. The number of benzene rings is 1. The summed E-state index contributed by atoms with van der Waals surface area (Å²) in [6, 6.07) is 8.49. The van der Waals surface area contributed by atoms with Gasteiger partial charge < -0.3 is 15.1 Å². The summed E-state index contributed by atoms with van der Waals surface area (Å²) in [5, 5.41) is 5.14. The second-order valence-corrected chi connectivity index (χ2v) is 8.83. The maximum Gasteiger partial charge on any atom is 0.255 e. The van der Waals surface area contributed by atoms with Gasteiger partial charge in [-0.2, -0.15) is 0 Å². The van der Waals surface area contributed by atoms with E-state index in [2.05, 4.69) is 20.5 Å². The molecule has 2 aliphatic heterocycles. The number of imide groups is 1. The Labute approximate surface area is 191 Å². The fraction of sp³-hybridized carbons (Fsp3) is 0.375. The molecule has 1 aromatic heterocycles. The summed E-state index contributed by atoms with van der Waals surface area (Å²) in [6.07, 6.45) is 5.76. The lowest BCUT2D eigenvalue weighted by Gasteiger charge is -2.35. The number of carbonyl (C=O) groups is 4. The molecule has 5 rings (SSSR count). The summed E-state index contributed by atoms with van der Waals surface area (Å²) in [6.45, 7) is 0.227. The number of pyridine rings is 1. The van der Waals surface area contributed by atoms with Crippen molar-refractivity contribution in [2.75, 3.05) is 17.3 Å². The van der Waals surface area contributed by atoms with E-state index in [1.807, 2.05) is 19.2 Å². The third-order valence-electron chi connectivity index (χ3n) is 6.78. The molecule has 170 valence electrons. The third kappa shape index (κ3) is 3.94. The van der Waals surface area contributed by atoms with Gasteiger partial charge in [-0.25, -0.2) is 4.98 Å². The number of carbonyl (C=O) groups excluding carboxylic acids is 4. The molecule has 0 radical (unpaired) electrons. The van der Waals surface area contributed by atoms with Crippen LogP contribution in [0.25, 0.3) is 0 Å². The summed E-state index contributed by atoms with van der Waals surface area (Å²) in [5.41, 5.74) is 2.17. The molecule has 3 aliphatic rings. The van der Waals surface area contributed by atoms with Gasteiger partial charge in [-0.05, 0) is 61.6 Å². The van der Waals surface area contributed by atoms with Crippen molar-refractivity contribution in [2.24, 2.45) is 0 Å². The topological polar surface area (TPSA) is 112 Å². The van der Waals surface area contributed by atoms with E-state index < -0.39 is 11.9 Å². The van der Waals surface area contributed by atoms with Crippen molar-refractivity contribution >= 4 is 35.1 Å². The van der Waals surface area contributed by atoms with Crippen molar-refractivity contribution in [3.63, 3.8) is 0 Å². The zero-order chi connectivity index (χ0) is 23.1. The number of fused-ring (bicyclic) bond motifs is 1. The van der Waals surface area contributed by atoms with Crippen molar-refractivity contribution in [1.29, 1.82) is 0 Å². The van der Waals surface area contributed by atoms with Crippen LogP contribution in [0.3, 0.4) is 0 Å². The maximum atomic E-state index is 12.8. The first-order valence-electron chi connectivity index (χ1n) is 11.2. The first-order chi connectivity index (χ1) is 15.9.